The summed E-state index contributed by atoms with van der Waals surface area (Å²) in [6.45, 7) is 0.679. The molecule has 1 aliphatic heterocycles. The molecule has 30 heavy (non-hydrogen) atoms. The molecule has 0 aromatic carbocycles. The second-order valence-corrected chi connectivity index (χ2v) is 7.47. The van der Waals surface area contributed by atoms with Crippen molar-refractivity contribution in [1.29, 1.82) is 0 Å². The van der Waals surface area contributed by atoms with E-state index in [4.69, 9.17) is 0 Å². The Balaban J connectivity index is 1.47. The highest BCUT2D eigenvalue weighted by Gasteiger charge is 2.26. The van der Waals surface area contributed by atoms with E-state index in [9.17, 15) is 9.59 Å². The van der Waals surface area contributed by atoms with Crippen molar-refractivity contribution in [3.8, 4) is 0 Å². The van der Waals surface area contributed by atoms with Gasteiger partial charge in [0.05, 0.1) is 6.20 Å². The number of nitrogens with zero attached hydrogens (tertiary/aromatic N) is 5. The monoisotopic (exact) mass is 406 g/mol. The van der Waals surface area contributed by atoms with E-state index in [1.165, 1.54) is 6.20 Å². The molecule has 0 atom stereocenters. The number of carbonyl (C=O) groups is 2. The maximum Gasteiger partial charge on any atom is 0.256 e. The molecule has 1 aliphatic carbocycles. The van der Waals surface area contributed by atoms with E-state index in [0.717, 1.165) is 19.3 Å². The van der Waals surface area contributed by atoms with Crippen LogP contribution < -0.4 is 20.9 Å². The van der Waals surface area contributed by atoms with Gasteiger partial charge >= 0.3 is 0 Å². The Morgan fingerprint density at radius 3 is 2.80 bits per heavy atom. The molecule has 0 bridgehead atoms. The largest absolute Gasteiger partial charge is 0.373 e. The van der Waals surface area contributed by atoms with Crippen molar-refractivity contribution in [2.24, 2.45) is 0 Å². The highest BCUT2D eigenvalue weighted by molar-refractivity contribution is 6.00. The summed E-state index contributed by atoms with van der Waals surface area (Å²) in [5, 5.41) is 13.5. The first-order chi connectivity index (χ1) is 14.6. The molecular weight excluding hydrogens is 384 g/mol. The van der Waals surface area contributed by atoms with Crippen LogP contribution in [-0.2, 0) is 4.79 Å². The Bertz CT molecular complexity index is 1140. The van der Waals surface area contributed by atoms with Gasteiger partial charge in [0.2, 0.25) is 5.91 Å². The molecule has 2 aliphatic rings. The van der Waals surface area contributed by atoms with Gasteiger partial charge in [0, 0.05) is 32.1 Å². The van der Waals surface area contributed by atoms with E-state index in [1.54, 1.807) is 22.5 Å². The van der Waals surface area contributed by atoms with Gasteiger partial charge in [0.25, 0.3) is 5.91 Å². The molecule has 3 aromatic heterocycles. The number of rotatable bonds is 6. The van der Waals surface area contributed by atoms with Crippen LogP contribution in [0.3, 0.4) is 0 Å². The predicted octanol–water partition coefficient (Wildman–Crippen LogP) is 1.93. The molecule has 0 spiro atoms. The van der Waals surface area contributed by atoms with E-state index in [1.807, 2.05) is 18.2 Å². The van der Waals surface area contributed by atoms with Gasteiger partial charge in [-0.2, -0.15) is 9.61 Å². The van der Waals surface area contributed by atoms with Crippen LogP contribution >= 0.6 is 0 Å². The molecule has 0 radical (unpaired) electrons. The van der Waals surface area contributed by atoms with Crippen LogP contribution in [0.25, 0.3) is 5.65 Å². The SMILES string of the molecule is CNc1cc(Nc2cccc(N3CCCC3=O)n2)nc2c(C(=O)NC3CC3)cnn12. The van der Waals surface area contributed by atoms with Crippen molar-refractivity contribution in [1.82, 2.24) is 24.9 Å². The Morgan fingerprint density at radius 2 is 2.07 bits per heavy atom. The molecule has 2 fully saturated rings. The van der Waals surface area contributed by atoms with E-state index >= 15 is 0 Å². The van der Waals surface area contributed by atoms with Gasteiger partial charge in [-0.15, -0.1) is 0 Å². The van der Waals surface area contributed by atoms with Gasteiger partial charge in [-0.1, -0.05) is 6.07 Å². The van der Waals surface area contributed by atoms with Crippen molar-refractivity contribution in [3.63, 3.8) is 0 Å². The average Bonchev–Trinajstić information content (AvgIpc) is 3.28. The highest BCUT2D eigenvalue weighted by Crippen LogP contribution is 2.25. The Morgan fingerprint density at radius 1 is 1.20 bits per heavy atom. The number of anilines is 4. The molecule has 10 heteroatoms. The van der Waals surface area contributed by atoms with Crippen molar-refractivity contribution >= 4 is 40.7 Å². The van der Waals surface area contributed by atoms with Crippen molar-refractivity contribution in [3.05, 3.63) is 36.0 Å². The highest BCUT2D eigenvalue weighted by atomic mass is 16.2. The number of amides is 2. The molecule has 154 valence electrons. The summed E-state index contributed by atoms with van der Waals surface area (Å²) in [6, 6.07) is 7.52. The molecule has 2 amide bonds. The average molecular weight is 406 g/mol. The van der Waals surface area contributed by atoms with E-state index in [-0.39, 0.29) is 17.9 Å². The molecule has 3 aromatic rings. The quantitative estimate of drug-likeness (QED) is 0.573. The maximum atomic E-state index is 12.6. The minimum absolute atomic E-state index is 0.0854. The lowest BCUT2D eigenvalue weighted by molar-refractivity contribution is -0.117. The van der Waals surface area contributed by atoms with Crippen molar-refractivity contribution in [2.45, 2.75) is 31.7 Å². The number of hydrogen-bond donors (Lipinski definition) is 3. The Kier molecular flexibility index (Phi) is 4.46. The number of aromatic nitrogens is 4. The lowest BCUT2D eigenvalue weighted by atomic mass is 10.3. The van der Waals surface area contributed by atoms with Gasteiger partial charge in [-0.3, -0.25) is 14.5 Å². The van der Waals surface area contributed by atoms with Gasteiger partial charge in [0.15, 0.2) is 5.65 Å². The fourth-order valence-corrected chi connectivity index (χ4v) is 3.52. The number of nitrogens with one attached hydrogen (secondary N) is 3. The zero-order chi connectivity index (χ0) is 20.7. The topological polar surface area (TPSA) is 117 Å². The molecule has 3 N–H and O–H groups in total. The normalized spacial score (nSPS) is 16.2. The van der Waals surface area contributed by atoms with Gasteiger partial charge in [0.1, 0.15) is 28.8 Å². The van der Waals surface area contributed by atoms with E-state index < -0.39 is 0 Å². The lowest BCUT2D eigenvalue weighted by Crippen LogP contribution is -2.25. The van der Waals surface area contributed by atoms with E-state index in [0.29, 0.717) is 47.4 Å². The van der Waals surface area contributed by atoms with Crippen molar-refractivity contribution in [2.75, 3.05) is 29.1 Å². The molecule has 4 heterocycles. The minimum atomic E-state index is -0.174. The number of carbonyl (C=O) groups excluding carboxylic acids is 2. The van der Waals surface area contributed by atoms with Gasteiger partial charge < -0.3 is 16.0 Å². The summed E-state index contributed by atoms with van der Waals surface area (Å²) in [4.78, 5) is 35.4. The van der Waals surface area contributed by atoms with Crippen LogP contribution in [0.4, 0.5) is 23.3 Å². The van der Waals surface area contributed by atoms with Crippen LogP contribution in [0.1, 0.15) is 36.0 Å². The summed E-state index contributed by atoms with van der Waals surface area (Å²) >= 11 is 0. The predicted molar refractivity (Wildman–Crippen MR) is 112 cm³/mol. The first-order valence-corrected chi connectivity index (χ1v) is 10.0. The molecular formula is C20H22N8O2. The standard InChI is InChI=1S/C20H22N8O2/c1-21-17-10-15(24-14-4-2-5-16(25-14)27-9-3-6-18(27)29)26-19-13(11-22-28(17)19)20(30)23-12-7-8-12/h2,4-5,10-12,21H,3,6-9H2,1H3,(H,23,30)(H,24,25,26). The van der Waals surface area contributed by atoms with Crippen LogP contribution in [0.2, 0.25) is 0 Å². The van der Waals surface area contributed by atoms with E-state index in [2.05, 4.69) is 31.0 Å². The Labute approximate surface area is 172 Å². The zero-order valence-corrected chi connectivity index (χ0v) is 16.6. The van der Waals surface area contributed by atoms with Crippen molar-refractivity contribution < 1.29 is 9.59 Å². The summed E-state index contributed by atoms with van der Waals surface area (Å²) < 4.78 is 1.60. The second-order valence-electron chi connectivity index (χ2n) is 7.47. The van der Waals surface area contributed by atoms with Gasteiger partial charge in [-0.25, -0.2) is 9.97 Å². The summed E-state index contributed by atoms with van der Waals surface area (Å²) in [5.41, 5.74) is 0.875. The Hall–Kier alpha value is -3.69. The van der Waals surface area contributed by atoms with Crippen LogP contribution in [-0.4, -0.2) is 51.0 Å². The van der Waals surface area contributed by atoms with Gasteiger partial charge in [-0.05, 0) is 31.4 Å². The molecule has 1 saturated heterocycles. The fourth-order valence-electron chi connectivity index (χ4n) is 3.52. The number of fused-ring (bicyclic) bond motifs is 1. The number of hydrogen-bond acceptors (Lipinski definition) is 7. The summed E-state index contributed by atoms with van der Waals surface area (Å²) in [5.74, 6) is 2.29. The number of pyridine rings is 1. The van der Waals surface area contributed by atoms with Crippen LogP contribution in [0, 0.1) is 0 Å². The molecule has 5 rings (SSSR count). The first-order valence-electron chi connectivity index (χ1n) is 10.0. The second kappa shape index (κ2) is 7.29. The smallest absolute Gasteiger partial charge is 0.256 e. The third-order valence-electron chi connectivity index (χ3n) is 5.23. The van der Waals surface area contributed by atoms with Crippen LogP contribution in [0.15, 0.2) is 30.5 Å². The maximum absolute atomic E-state index is 12.6. The third-order valence-corrected chi connectivity index (χ3v) is 5.23. The third kappa shape index (κ3) is 3.40. The first kappa shape index (κ1) is 18.3. The summed E-state index contributed by atoms with van der Waals surface area (Å²) in [7, 11) is 1.78. The van der Waals surface area contributed by atoms with Crippen LogP contribution in [0.5, 0.6) is 0 Å². The minimum Gasteiger partial charge on any atom is -0.373 e. The molecule has 10 nitrogen and oxygen atoms in total. The summed E-state index contributed by atoms with van der Waals surface area (Å²) in [6.07, 6.45) is 4.94. The molecule has 0 unspecified atom stereocenters. The zero-order valence-electron chi connectivity index (χ0n) is 16.6. The lowest BCUT2D eigenvalue weighted by Gasteiger charge is -2.16. The fraction of sp³-hybridized carbons (Fsp3) is 0.350. The molecule has 1 saturated carbocycles.